The Morgan fingerprint density at radius 1 is 0.773 bits per heavy atom. The van der Waals surface area contributed by atoms with E-state index in [0.717, 1.165) is 64.5 Å². The van der Waals surface area contributed by atoms with Crippen LogP contribution in [-0.2, 0) is 0 Å². The van der Waals surface area contributed by atoms with Gasteiger partial charge in [-0.05, 0) is 38.5 Å². The third kappa shape index (κ3) is 8.10. The third-order valence-electron chi connectivity index (χ3n) is 4.03. The van der Waals surface area contributed by atoms with Crippen molar-refractivity contribution in [3.63, 3.8) is 0 Å². The van der Waals surface area contributed by atoms with Crippen molar-refractivity contribution in [2.24, 2.45) is 0 Å². The fourth-order valence-corrected chi connectivity index (χ4v) is 2.61. The van der Waals surface area contributed by atoms with Gasteiger partial charge >= 0.3 is 12.1 Å². The molecule has 22 heavy (non-hydrogen) atoms. The van der Waals surface area contributed by atoms with E-state index in [4.69, 9.17) is 0 Å². The normalized spacial score (nSPS) is 21.0. The SMILES string of the molecule is CCCCNC(=O)NC1CCC(NC(=O)NCCCC)CC1. The van der Waals surface area contributed by atoms with Crippen LogP contribution in [0.25, 0.3) is 0 Å². The number of urea groups is 2. The van der Waals surface area contributed by atoms with Crippen molar-refractivity contribution in [2.75, 3.05) is 13.1 Å². The number of unbranched alkanes of at least 4 members (excludes halogenated alkanes) is 2. The summed E-state index contributed by atoms with van der Waals surface area (Å²) in [5.74, 6) is 0. The van der Waals surface area contributed by atoms with Crippen LogP contribution in [0.5, 0.6) is 0 Å². The smallest absolute Gasteiger partial charge is 0.315 e. The monoisotopic (exact) mass is 312 g/mol. The minimum absolute atomic E-state index is 0.0674. The van der Waals surface area contributed by atoms with Gasteiger partial charge in [0.15, 0.2) is 0 Å². The van der Waals surface area contributed by atoms with E-state index in [1.807, 2.05) is 0 Å². The largest absolute Gasteiger partial charge is 0.338 e. The lowest BCUT2D eigenvalue weighted by Gasteiger charge is -2.29. The standard InChI is InChI=1S/C16H32N4O2/c1-3-5-11-17-15(21)19-13-7-9-14(10-8-13)20-16(22)18-12-6-4-2/h13-14H,3-12H2,1-2H3,(H2,17,19,21)(H2,18,20,22). The van der Waals surface area contributed by atoms with Crippen LogP contribution in [-0.4, -0.2) is 37.2 Å². The fraction of sp³-hybridized carbons (Fsp3) is 0.875. The van der Waals surface area contributed by atoms with Gasteiger partial charge in [0.25, 0.3) is 0 Å². The summed E-state index contributed by atoms with van der Waals surface area (Å²) in [7, 11) is 0. The van der Waals surface area contributed by atoms with Gasteiger partial charge in [0, 0.05) is 25.2 Å². The van der Waals surface area contributed by atoms with Crippen molar-refractivity contribution in [1.82, 2.24) is 21.3 Å². The Balaban J connectivity index is 2.12. The zero-order valence-electron chi connectivity index (χ0n) is 14.0. The van der Waals surface area contributed by atoms with Crippen LogP contribution in [0.2, 0.25) is 0 Å². The van der Waals surface area contributed by atoms with E-state index in [0.29, 0.717) is 0 Å². The second kappa shape index (κ2) is 11.2. The van der Waals surface area contributed by atoms with Crippen LogP contribution in [0, 0.1) is 0 Å². The Hall–Kier alpha value is -1.46. The highest BCUT2D eigenvalue weighted by Gasteiger charge is 2.23. The minimum atomic E-state index is -0.0674. The molecular weight excluding hydrogens is 280 g/mol. The van der Waals surface area contributed by atoms with Gasteiger partial charge in [-0.1, -0.05) is 26.7 Å². The van der Waals surface area contributed by atoms with Gasteiger partial charge in [-0.2, -0.15) is 0 Å². The number of carbonyl (C=O) groups excluding carboxylic acids is 2. The van der Waals surface area contributed by atoms with Crippen LogP contribution in [0.4, 0.5) is 9.59 Å². The van der Waals surface area contributed by atoms with Crippen molar-refractivity contribution < 1.29 is 9.59 Å². The predicted octanol–water partition coefficient (Wildman–Crippen LogP) is 2.50. The zero-order chi connectivity index (χ0) is 16.2. The van der Waals surface area contributed by atoms with E-state index in [2.05, 4.69) is 35.1 Å². The summed E-state index contributed by atoms with van der Waals surface area (Å²) in [5, 5.41) is 11.8. The molecule has 0 radical (unpaired) electrons. The average Bonchev–Trinajstić information content (AvgIpc) is 2.50. The molecule has 0 aliphatic heterocycles. The van der Waals surface area contributed by atoms with Crippen LogP contribution >= 0.6 is 0 Å². The van der Waals surface area contributed by atoms with Crippen molar-refractivity contribution in [2.45, 2.75) is 77.3 Å². The van der Waals surface area contributed by atoms with E-state index in [-0.39, 0.29) is 24.1 Å². The number of rotatable bonds is 8. The van der Waals surface area contributed by atoms with Gasteiger partial charge < -0.3 is 21.3 Å². The van der Waals surface area contributed by atoms with E-state index in [1.54, 1.807) is 0 Å². The van der Waals surface area contributed by atoms with Crippen LogP contribution < -0.4 is 21.3 Å². The molecule has 0 bridgehead atoms. The van der Waals surface area contributed by atoms with E-state index >= 15 is 0 Å². The van der Waals surface area contributed by atoms with Gasteiger partial charge in [-0.3, -0.25) is 0 Å². The molecule has 6 heteroatoms. The third-order valence-corrected chi connectivity index (χ3v) is 4.03. The first-order valence-corrected chi connectivity index (χ1v) is 8.74. The quantitative estimate of drug-likeness (QED) is 0.519. The van der Waals surface area contributed by atoms with Gasteiger partial charge in [0.2, 0.25) is 0 Å². The maximum Gasteiger partial charge on any atom is 0.315 e. The molecule has 1 fully saturated rings. The molecule has 1 saturated carbocycles. The second-order valence-electron chi connectivity index (χ2n) is 6.06. The first kappa shape index (κ1) is 18.6. The molecule has 1 aliphatic rings. The van der Waals surface area contributed by atoms with E-state index in [9.17, 15) is 9.59 Å². The average molecular weight is 312 g/mol. The molecule has 0 unspecified atom stereocenters. The second-order valence-corrected chi connectivity index (χ2v) is 6.06. The Bertz CT molecular complexity index is 296. The maximum absolute atomic E-state index is 11.7. The minimum Gasteiger partial charge on any atom is -0.338 e. The van der Waals surface area contributed by atoms with E-state index < -0.39 is 0 Å². The highest BCUT2D eigenvalue weighted by Crippen LogP contribution is 2.18. The summed E-state index contributed by atoms with van der Waals surface area (Å²) < 4.78 is 0. The summed E-state index contributed by atoms with van der Waals surface area (Å²) in [6, 6.07) is 0.315. The summed E-state index contributed by atoms with van der Waals surface area (Å²) in [6.07, 6.45) is 7.85. The molecule has 128 valence electrons. The van der Waals surface area contributed by atoms with Crippen LogP contribution in [0.3, 0.4) is 0 Å². The van der Waals surface area contributed by atoms with Crippen LogP contribution in [0.1, 0.15) is 65.2 Å². The molecular formula is C16H32N4O2. The highest BCUT2D eigenvalue weighted by molar-refractivity contribution is 5.74. The molecule has 0 atom stereocenters. The maximum atomic E-state index is 11.7. The zero-order valence-corrected chi connectivity index (χ0v) is 14.0. The molecule has 0 spiro atoms. The Morgan fingerprint density at radius 3 is 1.45 bits per heavy atom. The predicted molar refractivity (Wildman–Crippen MR) is 88.9 cm³/mol. The number of hydrogen-bond acceptors (Lipinski definition) is 2. The van der Waals surface area contributed by atoms with Gasteiger partial charge in [-0.25, -0.2) is 9.59 Å². The molecule has 0 saturated heterocycles. The van der Waals surface area contributed by atoms with Crippen molar-refractivity contribution in [3.8, 4) is 0 Å². The number of nitrogens with one attached hydrogen (secondary N) is 4. The lowest BCUT2D eigenvalue weighted by atomic mass is 9.91. The number of amides is 4. The lowest BCUT2D eigenvalue weighted by Crippen LogP contribution is -2.48. The summed E-state index contributed by atoms with van der Waals surface area (Å²) in [6.45, 7) is 5.67. The summed E-state index contributed by atoms with van der Waals surface area (Å²) in [4.78, 5) is 23.4. The van der Waals surface area contributed by atoms with Gasteiger partial charge in [0.1, 0.15) is 0 Å². The summed E-state index contributed by atoms with van der Waals surface area (Å²) >= 11 is 0. The molecule has 0 heterocycles. The first-order valence-electron chi connectivity index (χ1n) is 8.74. The molecule has 4 N–H and O–H groups in total. The van der Waals surface area contributed by atoms with Gasteiger partial charge in [-0.15, -0.1) is 0 Å². The van der Waals surface area contributed by atoms with E-state index in [1.165, 1.54) is 0 Å². The van der Waals surface area contributed by atoms with Gasteiger partial charge in [0.05, 0.1) is 0 Å². The molecule has 1 aliphatic carbocycles. The number of hydrogen-bond donors (Lipinski definition) is 4. The molecule has 6 nitrogen and oxygen atoms in total. The topological polar surface area (TPSA) is 82.3 Å². The molecule has 0 aromatic heterocycles. The fourth-order valence-electron chi connectivity index (χ4n) is 2.61. The van der Waals surface area contributed by atoms with Crippen molar-refractivity contribution in [3.05, 3.63) is 0 Å². The Morgan fingerprint density at radius 2 is 1.14 bits per heavy atom. The lowest BCUT2D eigenvalue weighted by molar-refractivity contribution is 0.221. The molecule has 4 amide bonds. The van der Waals surface area contributed by atoms with Crippen LogP contribution in [0.15, 0.2) is 0 Å². The highest BCUT2D eigenvalue weighted by atomic mass is 16.2. The Kier molecular flexibility index (Phi) is 9.42. The Labute approximate surface area is 134 Å². The molecule has 1 rings (SSSR count). The molecule has 0 aromatic rings. The van der Waals surface area contributed by atoms with Crippen molar-refractivity contribution in [1.29, 1.82) is 0 Å². The summed E-state index contributed by atoms with van der Waals surface area (Å²) in [5.41, 5.74) is 0. The molecule has 0 aromatic carbocycles. The number of carbonyl (C=O) groups is 2. The van der Waals surface area contributed by atoms with Crippen molar-refractivity contribution >= 4 is 12.1 Å². The first-order chi connectivity index (χ1) is 10.7.